The molecular weight excluding hydrogens is 336 g/mol. The average Bonchev–Trinajstić information content (AvgIpc) is 3.18. The van der Waals surface area contributed by atoms with E-state index in [0.717, 1.165) is 22.2 Å². The number of ether oxygens (including phenoxy) is 3. The topological polar surface area (TPSA) is 71.7 Å². The van der Waals surface area contributed by atoms with Gasteiger partial charge in [0.05, 0.1) is 17.5 Å². The molecule has 0 bridgehead atoms. The van der Waals surface area contributed by atoms with E-state index in [2.05, 4.69) is 0 Å². The zero-order valence-corrected chi connectivity index (χ0v) is 14.3. The molecule has 2 aliphatic heterocycles. The second-order valence-corrected chi connectivity index (χ2v) is 6.62. The highest BCUT2D eigenvalue weighted by atomic mass is 16.7. The zero-order valence-electron chi connectivity index (χ0n) is 14.3. The first-order chi connectivity index (χ1) is 12.5. The van der Waals surface area contributed by atoms with Crippen molar-refractivity contribution >= 4 is 17.0 Å². The number of rotatable bonds is 1. The fourth-order valence-corrected chi connectivity index (χ4v) is 3.78. The predicted octanol–water partition coefficient (Wildman–Crippen LogP) is 2.05. The molecule has 0 spiro atoms. The van der Waals surface area contributed by atoms with E-state index in [1.54, 1.807) is 29.3 Å². The maximum absolute atomic E-state index is 12.2. The minimum atomic E-state index is -0.289. The number of hydrogen-bond donors (Lipinski definition) is 0. The highest BCUT2D eigenvalue weighted by molar-refractivity contribution is 5.81. The summed E-state index contributed by atoms with van der Waals surface area (Å²) in [6.45, 7) is 0.162. The molecule has 1 aromatic heterocycles. The van der Waals surface area contributed by atoms with Gasteiger partial charge in [0.2, 0.25) is 6.79 Å². The number of benzene rings is 2. The predicted molar refractivity (Wildman–Crippen MR) is 92.8 cm³/mol. The highest BCUT2D eigenvalue weighted by Crippen LogP contribution is 2.46. The Morgan fingerprint density at radius 3 is 2.46 bits per heavy atom. The van der Waals surface area contributed by atoms with E-state index < -0.39 is 0 Å². The van der Waals surface area contributed by atoms with E-state index in [-0.39, 0.29) is 30.8 Å². The van der Waals surface area contributed by atoms with Gasteiger partial charge in [0, 0.05) is 31.6 Å². The molecule has 5 rings (SSSR count). The molecule has 1 atom stereocenters. The quantitative estimate of drug-likeness (QED) is 0.495. The Morgan fingerprint density at radius 2 is 1.65 bits per heavy atom. The maximum Gasteiger partial charge on any atom is 0.328 e. The zero-order chi connectivity index (χ0) is 18.0. The first-order valence-electron chi connectivity index (χ1n) is 8.32. The van der Waals surface area contributed by atoms with Crippen LogP contribution in [-0.4, -0.2) is 21.9 Å². The van der Waals surface area contributed by atoms with Crippen LogP contribution in [0.5, 0.6) is 17.2 Å². The Kier molecular flexibility index (Phi) is 2.98. The molecule has 0 saturated heterocycles. The van der Waals surface area contributed by atoms with Crippen LogP contribution in [0.3, 0.4) is 0 Å². The molecule has 0 N–H and O–H groups in total. The van der Waals surface area contributed by atoms with E-state index >= 15 is 0 Å². The van der Waals surface area contributed by atoms with E-state index in [1.165, 1.54) is 0 Å². The minimum absolute atomic E-state index is 0.0797. The molecule has 7 nitrogen and oxygen atoms in total. The molecule has 3 heterocycles. The third-order valence-electron chi connectivity index (χ3n) is 5.17. The Morgan fingerprint density at radius 1 is 0.923 bits per heavy atom. The van der Waals surface area contributed by atoms with Gasteiger partial charge < -0.3 is 14.2 Å². The third kappa shape index (κ3) is 2.00. The van der Waals surface area contributed by atoms with E-state index in [0.29, 0.717) is 17.2 Å². The van der Waals surface area contributed by atoms with Crippen LogP contribution in [0, 0.1) is 0 Å². The van der Waals surface area contributed by atoms with Crippen LogP contribution in [0.2, 0.25) is 0 Å². The van der Waals surface area contributed by atoms with Crippen molar-refractivity contribution in [2.75, 3.05) is 6.79 Å². The second-order valence-electron chi connectivity index (χ2n) is 6.62. The van der Waals surface area contributed by atoms with Gasteiger partial charge in [0.15, 0.2) is 11.5 Å². The lowest BCUT2D eigenvalue weighted by molar-refractivity contribution is -0.135. The normalized spacial score (nSPS) is 18.1. The summed E-state index contributed by atoms with van der Waals surface area (Å²) in [4.78, 5) is 24.3. The van der Waals surface area contributed by atoms with Crippen molar-refractivity contribution in [3.8, 4) is 17.2 Å². The Balaban J connectivity index is 1.69. The molecular formula is C19H16N2O5. The summed E-state index contributed by atoms with van der Waals surface area (Å²) >= 11 is 0. The number of aromatic nitrogens is 2. The first-order valence-corrected chi connectivity index (χ1v) is 8.32. The van der Waals surface area contributed by atoms with Gasteiger partial charge in [-0.2, -0.15) is 0 Å². The van der Waals surface area contributed by atoms with Crippen LogP contribution in [-0.2, 0) is 18.9 Å². The van der Waals surface area contributed by atoms with Crippen molar-refractivity contribution in [3.63, 3.8) is 0 Å². The minimum Gasteiger partial charge on any atom is -0.454 e. The summed E-state index contributed by atoms with van der Waals surface area (Å²) in [7, 11) is 3.49. The van der Waals surface area contributed by atoms with Crippen molar-refractivity contribution < 1.29 is 19.0 Å². The summed E-state index contributed by atoms with van der Waals surface area (Å²) in [6, 6.07) is 9.42. The largest absolute Gasteiger partial charge is 0.454 e. The summed E-state index contributed by atoms with van der Waals surface area (Å²) < 4.78 is 19.5. The SMILES string of the molecule is Cn1c(=O)n(C)c2cc(C3CC(=O)Oc4cc5c(cc43)OCO5)ccc21. The van der Waals surface area contributed by atoms with Crippen molar-refractivity contribution in [1.29, 1.82) is 0 Å². The van der Waals surface area contributed by atoms with Crippen LogP contribution in [0.1, 0.15) is 23.5 Å². The summed E-state index contributed by atoms with van der Waals surface area (Å²) in [5, 5.41) is 0. The number of fused-ring (bicyclic) bond motifs is 3. The third-order valence-corrected chi connectivity index (χ3v) is 5.17. The van der Waals surface area contributed by atoms with Crippen LogP contribution in [0.25, 0.3) is 11.0 Å². The second kappa shape index (κ2) is 5.14. The molecule has 0 fully saturated rings. The Labute approximate surface area is 148 Å². The monoisotopic (exact) mass is 352 g/mol. The summed E-state index contributed by atoms with van der Waals surface area (Å²) in [6.07, 6.45) is 0.235. The molecule has 0 radical (unpaired) electrons. The molecule has 2 aliphatic rings. The van der Waals surface area contributed by atoms with Gasteiger partial charge in [-0.3, -0.25) is 13.9 Å². The Bertz CT molecular complexity index is 1140. The van der Waals surface area contributed by atoms with E-state index in [4.69, 9.17) is 14.2 Å². The van der Waals surface area contributed by atoms with Crippen molar-refractivity contribution in [3.05, 3.63) is 51.9 Å². The van der Waals surface area contributed by atoms with Gasteiger partial charge in [0.25, 0.3) is 0 Å². The lowest BCUT2D eigenvalue weighted by atomic mass is 9.86. The number of carbonyl (C=O) groups is 1. The average molecular weight is 352 g/mol. The standard InChI is InChI=1S/C19H16N2O5/c1-20-13-4-3-10(5-14(13)21(2)19(20)23)11-7-18(22)26-15-8-17-16(6-12(11)15)24-9-25-17/h3-6,8,11H,7,9H2,1-2H3. The van der Waals surface area contributed by atoms with Crippen molar-refractivity contribution in [2.45, 2.75) is 12.3 Å². The Hall–Kier alpha value is -3.22. The van der Waals surface area contributed by atoms with Gasteiger partial charge >= 0.3 is 11.7 Å². The fraction of sp³-hybridized carbons (Fsp3) is 0.263. The molecule has 2 aromatic carbocycles. The van der Waals surface area contributed by atoms with Gasteiger partial charge in [-0.15, -0.1) is 0 Å². The van der Waals surface area contributed by atoms with Crippen LogP contribution in [0.4, 0.5) is 0 Å². The molecule has 1 unspecified atom stereocenters. The number of imidazole rings is 1. The van der Waals surface area contributed by atoms with Gasteiger partial charge in [-0.1, -0.05) is 6.07 Å². The van der Waals surface area contributed by atoms with Gasteiger partial charge in [-0.05, 0) is 23.8 Å². The molecule has 0 saturated carbocycles. The molecule has 132 valence electrons. The number of esters is 1. The molecule has 0 aliphatic carbocycles. The highest BCUT2D eigenvalue weighted by Gasteiger charge is 2.32. The van der Waals surface area contributed by atoms with E-state index in [1.807, 2.05) is 24.3 Å². The molecule has 7 heteroatoms. The fourth-order valence-electron chi connectivity index (χ4n) is 3.78. The number of nitrogens with zero attached hydrogens (tertiary/aromatic N) is 2. The molecule has 26 heavy (non-hydrogen) atoms. The van der Waals surface area contributed by atoms with Crippen LogP contribution < -0.4 is 19.9 Å². The lowest BCUT2D eigenvalue weighted by Gasteiger charge is -2.25. The van der Waals surface area contributed by atoms with Crippen LogP contribution >= 0.6 is 0 Å². The molecule has 0 amide bonds. The van der Waals surface area contributed by atoms with Crippen molar-refractivity contribution in [2.24, 2.45) is 14.1 Å². The van der Waals surface area contributed by atoms with E-state index in [9.17, 15) is 9.59 Å². The summed E-state index contributed by atoms with van der Waals surface area (Å²) in [5.74, 6) is 1.28. The van der Waals surface area contributed by atoms with Crippen molar-refractivity contribution in [1.82, 2.24) is 9.13 Å². The molecule has 3 aromatic rings. The number of carbonyl (C=O) groups excluding carboxylic acids is 1. The maximum atomic E-state index is 12.2. The first kappa shape index (κ1) is 15.1. The smallest absolute Gasteiger partial charge is 0.328 e. The summed E-state index contributed by atoms with van der Waals surface area (Å²) in [5.41, 5.74) is 3.44. The van der Waals surface area contributed by atoms with Crippen LogP contribution in [0.15, 0.2) is 35.1 Å². The lowest BCUT2D eigenvalue weighted by Crippen LogP contribution is -2.21. The van der Waals surface area contributed by atoms with Gasteiger partial charge in [0.1, 0.15) is 5.75 Å². The number of hydrogen-bond acceptors (Lipinski definition) is 5. The number of aryl methyl sites for hydroxylation is 2. The van der Waals surface area contributed by atoms with Gasteiger partial charge in [-0.25, -0.2) is 4.79 Å².